The molecule has 2 nitrogen and oxygen atoms in total. The van der Waals surface area contributed by atoms with Crippen LogP contribution in [-0.2, 0) is 12.6 Å². The van der Waals surface area contributed by atoms with Gasteiger partial charge in [-0.25, -0.2) is 0 Å². The summed E-state index contributed by atoms with van der Waals surface area (Å²) in [6.07, 6.45) is 9.66. The third-order valence-corrected chi connectivity index (χ3v) is 8.49. The maximum absolute atomic E-state index is 2.89. The first-order valence-electron chi connectivity index (χ1n) is 10.6. The van der Waals surface area contributed by atoms with Gasteiger partial charge in [-0.15, -0.1) is 0 Å². The van der Waals surface area contributed by atoms with Crippen LogP contribution in [0.15, 0.2) is 36.5 Å². The zero-order valence-corrected chi connectivity index (χ0v) is 16.3. The molecule has 1 aromatic carbocycles. The minimum atomic E-state index is 0.246. The Balaban J connectivity index is 1.62. The molecule has 4 aliphatic carbocycles. The van der Waals surface area contributed by atoms with Crippen LogP contribution in [0.4, 0.5) is 5.69 Å². The minimum Gasteiger partial charge on any atom is -0.353 e. The van der Waals surface area contributed by atoms with Crippen molar-refractivity contribution < 1.29 is 0 Å². The highest BCUT2D eigenvalue weighted by molar-refractivity contribution is 5.64. The number of rotatable bonds is 1. The lowest BCUT2D eigenvalue weighted by Crippen LogP contribution is -2.62. The van der Waals surface area contributed by atoms with Gasteiger partial charge in [-0.2, -0.15) is 0 Å². The Morgan fingerprint density at radius 1 is 0.923 bits per heavy atom. The first kappa shape index (κ1) is 15.4. The van der Waals surface area contributed by atoms with E-state index in [2.05, 4.69) is 66.9 Å². The average molecular weight is 347 g/mol. The second-order valence-corrected chi connectivity index (χ2v) is 9.69. The molecular weight excluding hydrogens is 316 g/mol. The van der Waals surface area contributed by atoms with Crippen LogP contribution >= 0.6 is 0 Å². The first-order chi connectivity index (χ1) is 12.6. The second kappa shape index (κ2) is 4.97. The maximum Gasteiger partial charge on any atom is 0.0735 e. The largest absolute Gasteiger partial charge is 0.353 e. The number of hydrogen-bond donors (Lipinski definition) is 0. The van der Waals surface area contributed by atoms with Crippen LogP contribution in [0.5, 0.6) is 0 Å². The molecule has 0 unspecified atom stereocenters. The Morgan fingerprint density at radius 2 is 1.58 bits per heavy atom. The number of fused-ring (bicyclic) bond motifs is 1. The molecule has 0 saturated heterocycles. The molecule has 4 fully saturated rings. The van der Waals surface area contributed by atoms with Gasteiger partial charge in [0.15, 0.2) is 0 Å². The van der Waals surface area contributed by atoms with E-state index in [0.717, 1.165) is 23.7 Å². The lowest BCUT2D eigenvalue weighted by atomic mass is 9.47. The molecule has 2 heterocycles. The van der Waals surface area contributed by atoms with Gasteiger partial charge in [0.25, 0.3) is 0 Å². The lowest BCUT2D eigenvalue weighted by molar-refractivity contribution is -0.0602. The van der Waals surface area contributed by atoms with E-state index in [4.69, 9.17) is 0 Å². The molecule has 5 aliphatic rings. The Kier molecular flexibility index (Phi) is 2.94. The Hall–Kier alpha value is -1.70. The first-order valence-corrected chi connectivity index (χ1v) is 10.6. The predicted octanol–water partition coefficient (Wildman–Crippen LogP) is 5.57. The van der Waals surface area contributed by atoms with E-state index in [9.17, 15) is 0 Å². The molecule has 1 aliphatic heterocycles. The van der Waals surface area contributed by atoms with Gasteiger partial charge in [-0.3, -0.25) is 0 Å². The number of anilines is 1. The van der Waals surface area contributed by atoms with Crippen molar-refractivity contribution in [3.05, 3.63) is 53.3 Å². The minimum absolute atomic E-state index is 0.246. The summed E-state index contributed by atoms with van der Waals surface area (Å²) in [5.74, 6) is 3.68. The predicted molar refractivity (Wildman–Crippen MR) is 106 cm³/mol. The molecule has 1 atom stereocenters. The quantitative estimate of drug-likeness (QED) is 0.656. The molecule has 4 saturated carbocycles. The molecule has 4 bridgehead atoms. The number of aryl methyl sites for hydroxylation is 2. The van der Waals surface area contributed by atoms with Crippen LogP contribution in [-0.4, -0.2) is 4.57 Å². The zero-order chi connectivity index (χ0) is 17.6. The fourth-order valence-corrected chi connectivity index (χ4v) is 7.95. The fraction of sp³-hybridized carbons (Fsp3) is 0.583. The number of benzene rings is 1. The molecule has 2 heteroatoms. The van der Waals surface area contributed by atoms with E-state index in [1.54, 1.807) is 11.3 Å². The van der Waals surface area contributed by atoms with E-state index in [1.807, 2.05) is 0 Å². The third kappa shape index (κ3) is 1.65. The van der Waals surface area contributed by atoms with E-state index in [1.165, 1.54) is 43.4 Å². The van der Waals surface area contributed by atoms with Crippen molar-refractivity contribution >= 4 is 5.69 Å². The summed E-state index contributed by atoms with van der Waals surface area (Å²) < 4.78 is 2.41. The Labute approximate surface area is 157 Å². The fourth-order valence-electron chi connectivity index (χ4n) is 7.95. The summed E-state index contributed by atoms with van der Waals surface area (Å²) in [5, 5.41) is 0. The van der Waals surface area contributed by atoms with Crippen molar-refractivity contribution in [2.45, 2.75) is 57.5 Å². The SMILES string of the molecule is Cc1ccccc1N1[C@@H](C)c2c(ccn2C)C12C1CC3CC(C1)CC2C3. The molecule has 2 aromatic rings. The van der Waals surface area contributed by atoms with Crippen molar-refractivity contribution in [1.29, 1.82) is 0 Å². The van der Waals surface area contributed by atoms with E-state index in [-0.39, 0.29) is 5.54 Å². The maximum atomic E-state index is 2.89. The van der Waals surface area contributed by atoms with Crippen LogP contribution in [0.25, 0.3) is 0 Å². The molecule has 7 rings (SSSR count). The number of hydrogen-bond acceptors (Lipinski definition) is 1. The van der Waals surface area contributed by atoms with Gasteiger partial charge in [-0.05, 0) is 87.3 Å². The second-order valence-electron chi connectivity index (χ2n) is 9.69. The van der Waals surface area contributed by atoms with Crippen molar-refractivity contribution in [3.8, 4) is 0 Å². The summed E-state index contributed by atoms with van der Waals surface area (Å²) in [6.45, 7) is 4.75. The van der Waals surface area contributed by atoms with Gasteiger partial charge in [0, 0.05) is 30.2 Å². The van der Waals surface area contributed by atoms with Gasteiger partial charge in [0.2, 0.25) is 0 Å². The topological polar surface area (TPSA) is 8.17 Å². The van der Waals surface area contributed by atoms with Gasteiger partial charge in [0.05, 0.1) is 11.6 Å². The summed E-state index contributed by atoms with van der Waals surface area (Å²) >= 11 is 0. The number of para-hydroxylation sites is 1. The molecule has 0 N–H and O–H groups in total. The molecule has 0 radical (unpaired) electrons. The summed E-state index contributed by atoms with van der Waals surface area (Å²) in [5.41, 5.74) is 6.39. The Morgan fingerprint density at radius 3 is 2.23 bits per heavy atom. The molecule has 1 spiro atoms. The van der Waals surface area contributed by atoms with Crippen LogP contribution in [0.2, 0.25) is 0 Å². The van der Waals surface area contributed by atoms with Crippen molar-refractivity contribution in [2.24, 2.45) is 30.7 Å². The molecule has 0 amide bonds. The van der Waals surface area contributed by atoms with E-state index < -0.39 is 0 Å². The lowest BCUT2D eigenvalue weighted by Gasteiger charge is -2.64. The summed E-state index contributed by atoms with van der Waals surface area (Å²) in [7, 11) is 2.25. The zero-order valence-electron chi connectivity index (χ0n) is 16.3. The number of nitrogens with zero attached hydrogens (tertiary/aromatic N) is 2. The van der Waals surface area contributed by atoms with Crippen molar-refractivity contribution in [2.75, 3.05) is 4.90 Å². The molecule has 1 aromatic heterocycles. The van der Waals surface area contributed by atoms with Gasteiger partial charge >= 0.3 is 0 Å². The summed E-state index contributed by atoms with van der Waals surface area (Å²) in [6, 6.07) is 12.0. The van der Waals surface area contributed by atoms with Crippen LogP contribution in [0, 0.1) is 30.6 Å². The molecule has 136 valence electrons. The van der Waals surface area contributed by atoms with E-state index >= 15 is 0 Å². The van der Waals surface area contributed by atoms with Crippen LogP contribution in [0.1, 0.15) is 61.9 Å². The number of aromatic nitrogens is 1. The van der Waals surface area contributed by atoms with Gasteiger partial charge < -0.3 is 9.47 Å². The van der Waals surface area contributed by atoms with Gasteiger partial charge in [0.1, 0.15) is 0 Å². The highest BCUT2D eigenvalue weighted by atomic mass is 15.3. The average Bonchev–Trinajstić information content (AvgIpc) is 3.11. The monoisotopic (exact) mass is 346 g/mol. The van der Waals surface area contributed by atoms with Gasteiger partial charge in [-0.1, -0.05) is 18.2 Å². The highest BCUT2D eigenvalue weighted by Crippen LogP contribution is 2.68. The van der Waals surface area contributed by atoms with Crippen molar-refractivity contribution in [1.82, 2.24) is 4.57 Å². The molecule has 26 heavy (non-hydrogen) atoms. The third-order valence-electron chi connectivity index (χ3n) is 8.49. The normalized spacial score (nSPS) is 39.8. The Bertz CT molecular complexity index is 848. The highest BCUT2D eigenvalue weighted by Gasteiger charge is 2.65. The van der Waals surface area contributed by atoms with Crippen LogP contribution in [0.3, 0.4) is 0 Å². The summed E-state index contributed by atoms with van der Waals surface area (Å²) in [4.78, 5) is 2.89. The molecular formula is C24H30N2. The standard InChI is InChI=1S/C24H30N2/c1-15-6-4-5-7-22(15)26-16(2)23-21(8-9-25(23)3)24(26)19-11-17-10-18(13-19)14-20(24)12-17/h4-9,16-20H,10-14H2,1-3H3/t16-,17?,18?,19?,20?,24?/m0/s1. The van der Waals surface area contributed by atoms with Crippen LogP contribution < -0.4 is 4.90 Å². The van der Waals surface area contributed by atoms with E-state index in [0.29, 0.717) is 6.04 Å². The smallest absolute Gasteiger partial charge is 0.0735 e. The van der Waals surface area contributed by atoms with Crippen molar-refractivity contribution in [3.63, 3.8) is 0 Å².